The summed E-state index contributed by atoms with van der Waals surface area (Å²) in [7, 11) is 0. The quantitative estimate of drug-likeness (QED) is 0.625. The fourth-order valence-electron chi connectivity index (χ4n) is 2.06. The smallest absolute Gasteiger partial charge is 0.287 e. The zero-order chi connectivity index (χ0) is 15.6. The van der Waals surface area contributed by atoms with E-state index >= 15 is 0 Å². The van der Waals surface area contributed by atoms with Crippen LogP contribution in [0.2, 0.25) is 0 Å². The Morgan fingerprint density at radius 3 is 2.52 bits per heavy atom. The van der Waals surface area contributed by atoms with Crippen LogP contribution in [0.5, 0.6) is 11.5 Å². The van der Waals surface area contributed by atoms with Crippen LogP contribution in [-0.2, 0) is 0 Å². The van der Waals surface area contributed by atoms with Gasteiger partial charge in [0.25, 0.3) is 5.69 Å². The molecule has 0 atom stereocenters. The molecule has 2 aromatic rings. The molecule has 0 heterocycles. The molecule has 2 rings (SSSR count). The van der Waals surface area contributed by atoms with Crippen LogP contribution >= 0.6 is 0 Å². The van der Waals surface area contributed by atoms with Crippen LogP contribution in [0.25, 0.3) is 0 Å². The standard InChI is InChI=1S/C16H14N2O3/c1-10-6-11(2)12(3)16(7-10)21-14-4-5-15(18(19)20)13(8-14)9-17/h4-8H,1-3H3. The molecular weight excluding hydrogens is 268 g/mol. The summed E-state index contributed by atoms with van der Waals surface area (Å²) in [6, 6.07) is 9.94. The SMILES string of the molecule is Cc1cc(C)c(C)c(Oc2ccc([N+](=O)[O-])c(C#N)c2)c1. The zero-order valence-electron chi connectivity index (χ0n) is 12.0. The Morgan fingerprint density at radius 1 is 1.19 bits per heavy atom. The highest BCUT2D eigenvalue weighted by Crippen LogP contribution is 2.31. The van der Waals surface area contributed by atoms with Gasteiger partial charge in [0.15, 0.2) is 0 Å². The lowest BCUT2D eigenvalue weighted by Gasteiger charge is -2.12. The number of ether oxygens (including phenoxy) is 1. The molecule has 0 amide bonds. The lowest BCUT2D eigenvalue weighted by Crippen LogP contribution is -1.95. The van der Waals surface area contributed by atoms with Crippen LogP contribution in [-0.4, -0.2) is 4.92 Å². The number of hydrogen-bond acceptors (Lipinski definition) is 4. The van der Waals surface area contributed by atoms with E-state index in [0.29, 0.717) is 11.5 Å². The zero-order valence-corrected chi connectivity index (χ0v) is 12.0. The number of hydrogen-bond donors (Lipinski definition) is 0. The first-order valence-electron chi connectivity index (χ1n) is 6.36. The Kier molecular flexibility index (Phi) is 3.90. The molecule has 0 aliphatic carbocycles. The van der Waals surface area contributed by atoms with Crippen molar-refractivity contribution >= 4 is 5.69 Å². The molecule has 5 nitrogen and oxygen atoms in total. The number of aryl methyl sites for hydroxylation is 2. The third-order valence-corrected chi connectivity index (χ3v) is 3.28. The van der Waals surface area contributed by atoms with Crippen LogP contribution in [0.3, 0.4) is 0 Å². The maximum Gasteiger partial charge on any atom is 0.287 e. The molecule has 0 saturated heterocycles. The fraction of sp³-hybridized carbons (Fsp3) is 0.188. The van der Waals surface area contributed by atoms with Gasteiger partial charge in [-0.3, -0.25) is 10.1 Å². The molecule has 0 spiro atoms. The third-order valence-electron chi connectivity index (χ3n) is 3.28. The highest BCUT2D eigenvalue weighted by atomic mass is 16.6. The van der Waals surface area contributed by atoms with Crippen molar-refractivity contribution in [2.24, 2.45) is 0 Å². The van der Waals surface area contributed by atoms with E-state index in [1.807, 2.05) is 32.9 Å². The molecule has 106 valence electrons. The van der Waals surface area contributed by atoms with Crippen molar-refractivity contribution in [3.63, 3.8) is 0 Å². The van der Waals surface area contributed by atoms with Crippen molar-refractivity contribution < 1.29 is 9.66 Å². The fourth-order valence-corrected chi connectivity index (χ4v) is 2.06. The number of nitro benzene ring substituents is 1. The summed E-state index contributed by atoms with van der Waals surface area (Å²) in [5, 5.41) is 19.8. The highest BCUT2D eigenvalue weighted by Gasteiger charge is 2.15. The topological polar surface area (TPSA) is 76.2 Å². The van der Waals surface area contributed by atoms with Crippen molar-refractivity contribution in [2.45, 2.75) is 20.8 Å². The number of nitro groups is 1. The van der Waals surface area contributed by atoms with Gasteiger partial charge >= 0.3 is 0 Å². The monoisotopic (exact) mass is 282 g/mol. The molecule has 0 saturated carbocycles. The second kappa shape index (κ2) is 5.63. The molecule has 0 aliphatic heterocycles. The van der Waals surface area contributed by atoms with Gasteiger partial charge in [-0.25, -0.2) is 0 Å². The molecule has 0 fully saturated rings. The molecule has 0 radical (unpaired) electrons. The summed E-state index contributed by atoms with van der Waals surface area (Å²) in [5.41, 5.74) is 2.93. The van der Waals surface area contributed by atoms with Gasteiger partial charge in [0.2, 0.25) is 0 Å². The third kappa shape index (κ3) is 3.00. The minimum Gasteiger partial charge on any atom is -0.457 e. The maximum atomic E-state index is 10.8. The number of rotatable bonds is 3. The molecule has 0 aliphatic rings. The van der Waals surface area contributed by atoms with Gasteiger partial charge < -0.3 is 4.74 Å². The van der Waals surface area contributed by atoms with E-state index in [2.05, 4.69) is 6.07 Å². The number of benzene rings is 2. The van der Waals surface area contributed by atoms with Gasteiger partial charge in [-0.05, 0) is 49.6 Å². The molecule has 0 N–H and O–H groups in total. The van der Waals surface area contributed by atoms with Crippen molar-refractivity contribution in [1.82, 2.24) is 0 Å². The largest absolute Gasteiger partial charge is 0.457 e. The van der Waals surface area contributed by atoms with Crippen LogP contribution in [0.15, 0.2) is 30.3 Å². The van der Waals surface area contributed by atoms with E-state index in [1.54, 1.807) is 0 Å². The Labute approximate surface area is 122 Å². The lowest BCUT2D eigenvalue weighted by molar-refractivity contribution is -0.385. The van der Waals surface area contributed by atoms with E-state index < -0.39 is 4.92 Å². The van der Waals surface area contributed by atoms with Crippen molar-refractivity contribution in [3.8, 4) is 17.6 Å². The average molecular weight is 282 g/mol. The Balaban J connectivity index is 2.42. The second-order valence-electron chi connectivity index (χ2n) is 4.85. The van der Waals surface area contributed by atoms with E-state index in [0.717, 1.165) is 16.7 Å². The Hall–Kier alpha value is -2.87. The summed E-state index contributed by atoms with van der Waals surface area (Å²) in [5.74, 6) is 1.09. The van der Waals surface area contributed by atoms with Crippen LogP contribution in [0.1, 0.15) is 22.3 Å². The Morgan fingerprint density at radius 2 is 1.90 bits per heavy atom. The summed E-state index contributed by atoms with van der Waals surface area (Å²) >= 11 is 0. The van der Waals surface area contributed by atoms with Crippen molar-refractivity contribution in [2.75, 3.05) is 0 Å². The minimum atomic E-state index is -0.579. The van der Waals surface area contributed by atoms with Crippen molar-refractivity contribution in [1.29, 1.82) is 5.26 Å². The molecule has 2 aromatic carbocycles. The van der Waals surface area contributed by atoms with Gasteiger partial charge in [-0.15, -0.1) is 0 Å². The van der Waals surface area contributed by atoms with Gasteiger partial charge in [0.1, 0.15) is 23.1 Å². The summed E-state index contributed by atoms with van der Waals surface area (Å²) in [6.45, 7) is 5.91. The van der Waals surface area contributed by atoms with E-state index in [-0.39, 0.29) is 11.3 Å². The first-order chi connectivity index (χ1) is 9.92. The normalized spacial score (nSPS) is 10.0. The van der Waals surface area contributed by atoms with Gasteiger partial charge in [0.05, 0.1) is 4.92 Å². The molecule has 0 aromatic heterocycles. The number of nitriles is 1. The van der Waals surface area contributed by atoms with Gasteiger partial charge in [0, 0.05) is 12.1 Å². The van der Waals surface area contributed by atoms with E-state index in [1.165, 1.54) is 18.2 Å². The maximum absolute atomic E-state index is 10.8. The highest BCUT2D eigenvalue weighted by molar-refractivity contribution is 5.53. The van der Waals surface area contributed by atoms with Crippen LogP contribution in [0.4, 0.5) is 5.69 Å². The molecule has 5 heteroatoms. The van der Waals surface area contributed by atoms with E-state index in [9.17, 15) is 10.1 Å². The van der Waals surface area contributed by atoms with Crippen molar-refractivity contribution in [3.05, 3.63) is 62.7 Å². The first kappa shape index (κ1) is 14.5. The van der Waals surface area contributed by atoms with Crippen LogP contribution in [0, 0.1) is 42.2 Å². The predicted octanol–water partition coefficient (Wildman–Crippen LogP) is 4.18. The Bertz CT molecular complexity index is 761. The first-order valence-corrected chi connectivity index (χ1v) is 6.36. The minimum absolute atomic E-state index is 0.0143. The molecule has 0 bridgehead atoms. The summed E-state index contributed by atoms with van der Waals surface area (Å²) in [6.07, 6.45) is 0. The van der Waals surface area contributed by atoms with Crippen LogP contribution < -0.4 is 4.74 Å². The molecular formula is C16H14N2O3. The number of nitrogens with zero attached hydrogens (tertiary/aromatic N) is 2. The summed E-state index contributed by atoms with van der Waals surface area (Å²) < 4.78 is 5.77. The van der Waals surface area contributed by atoms with Gasteiger partial charge in [-0.2, -0.15) is 5.26 Å². The second-order valence-corrected chi connectivity index (χ2v) is 4.85. The summed E-state index contributed by atoms with van der Waals surface area (Å²) in [4.78, 5) is 10.2. The van der Waals surface area contributed by atoms with Gasteiger partial charge in [-0.1, -0.05) is 6.07 Å². The van der Waals surface area contributed by atoms with E-state index in [4.69, 9.17) is 10.00 Å². The predicted molar refractivity (Wildman–Crippen MR) is 78.5 cm³/mol. The molecule has 21 heavy (non-hydrogen) atoms. The lowest BCUT2D eigenvalue weighted by atomic mass is 10.1. The average Bonchev–Trinajstić information content (AvgIpc) is 2.43. The molecule has 0 unspecified atom stereocenters.